The Balaban J connectivity index is 1.48. The molecule has 0 bridgehead atoms. The third-order valence-electron chi connectivity index (χ3n) is 5.65. The van der Waals surface area contributed by atoms with Crippen LogP contribution >= 0.6 is 0 Å². The van der Waals surface area contributed by atoms with Crippen molar-refractivity contribution < 1.29 is 32.2 Å². The minimum Gasteiger partial charge on any atom is -0.461 e. The Labute approximate surface area is 179 Å². The topological polar surface area (TPSA) is 52.6 Å². The van der Waals surface area contributed by atoms with Gasteiger partial charge in [-0.25, -0.2) is 9.18 Å². The van der Waals surface area contributed by atoms with Gasteiger partial charge in [0.05, 0.1) is 12.5 Å². The fourth-order valence-electron chi connectivity index (χ4n) is 3.82. The van der Waals surface area contributed by atoms with Gasteiger partial charge in [0.2, 0.25) is 0 Å². The first-order valence-corrected chi connectivity index (χ1v) is 10.3. The van der Waals surface area contributed by atoms with Crippen molar-refractivity contribution in [1.29, 1.82) is 0 Å². The van der Waals surface area contributed by atoms with Crippen LogP contribution < -0.4 is 4.74 Å². The van der Waals surface area contributed by atoms with Crippen LogP contribution in [-0.2, 0) is 20.7 Å². The molecule has 166 valence electrons. The van der Waals surface area contributed by atoms with Crippen LogP contribution in [0.15, 0.2) is 42.5 Å². The summed E-state index contributed by atoms with van der Waals surface area (Å²) in [5.74, 6) is -2.36. The molecule has 0 atom stereocenters. The van der Waals surface area contributed by atoms with E-state index >= 15 is 0 Å². The first-order chi connectivity index (χ1) is 14.8. The molecule has 7 heteroatoms. The van der Waals surface area contributed by atoms with Gasteiger partial charge >= 0.3 is 18.4 Å². The molecule has 0 aliphatic heterocycles. The van der Waals surface area contributed by atoms with Gasteiger partial charge in [0.1, 0.15) is 11.6 Å². The van der Waals surface area contributed by atoms with Gasteiger partial charge in [-0.2, -0.15) is 8.78 Å². The lowest BCUT2D eigenvalue weighted by Gasteiger charge is -2.27. The van der Waals surface area contributed by atoms with Crippen LogP contribution in [0.3, 0.4) is 0 Å². The van der Waals surface area contributed by atoms with Crippen molar-refractivity contribution in [2.75, 3.05) is 6.61 Å². The molecule has 0 radical (unpaired) electrons. The number of rotatable bonds is 7. The number of ether oxygens (including phenoxy) is 2. The second kappa shape index (κ2) is 10.5. The van der Waals surface area contributed by atoms with E-state index in [0.29, 0.717) is 18.8 Å². The zero-order chi connectivity index (χ0) is 22.4. The van der Waals surface area contributed by atoms with Gasteiger partial charge in [0.25, 0.3) is 0 Å². The molecule has 2 aromatic rings. The summed E-state index contributed by atoms with van der Waals surface area (Å²) < 4.78 is 48.1. The Morgan fingerprint density at radius 2 is 1.71 bits per heavy atom. The number of carbonyl (C=O) groups excluding carboxylic acids is 2. The second-order valence-electron chi connectivity index (χ2n) is 7.85. The first-order valence-electron chi connectivity index (χ1n) is 10.3. The summed E-state index contributed by atoms with van der Waals surface area (Å²) in [4.78, 5) is 23.2. The minimum absolute atomic E-state index is 0.0540. The largest absolute Gasteiger partial charge is 0.461 e. The lowest BCUT2D eigenvalue weighted by Crippen LogP contribution is -2.25. The third kappa shape index (κ3) is 6.32. The Kier molecular flexibility index (Phi) is 7.71. The standard InChI is InChI=1S/C24H25F3O4/c1-15-2-4-16(5-3-15)17-6-8-19(9-7-17)23(28)31-20-11-10-18(21(25)14-20)12-13-30-24(29)22(26)27/h2-5,10-11,14,17,19,22H,6-9,12-13H2,1H3. The molecular weight excluding hydrogens is 409 g/mol. The maximum absolute atomic E-state index is 14.2. The quantitative estimate of drug-likeness (QED) is 0.435. The summed E-state index contributed by atoms with van der Waals surface area (Å²) in [5.41, 5.74) is 2.68. The number of aryl methyl sites for hydroxylation is 1. The molecular formula is C24H25F3O4. The summed E-state index contributed by atoms with van der Waals surface area (Å²) in [6, 6.07) is 12.4. The van der Waals surface area contributed by atoms with E-state index in [1.54, 1.807) is 0 Å². The van der Waals surface area contributed by atoms with Gasteiger partial charge in [0, 0.05) is 12.5 Å². The van der Waals surface area contributed by atoms with E-state index < -0.39 is 18.2 Å². The van der Waals surface area contributed by atoms with E-state index in [9.17, 15) is 22.8 Å². The van der Waals surface area contributed by atoms with E-state index in [-0.39, 0.29) is 36.2 Å². The van der Waals surface area contributed by atoms with Crippen LogP contribution in [0.2, 0.25) is 0 Å². The molecule has 0 unspecified atom stereocenters. The molecule has 0 spiro atoms. The zero-order valence-electron chi connectivity index (χ0n) is 17.3. The molecule has 1 aliphatic rings. The van der Waals surface area contributed by atoms with Crippen LogP contribution in [0.1, 0.15) is 48.3 Å². The molecule has 0 heterocycles. The number of alkyl halides is 2. The van der Waals surface area contributed by atoms with E-state index in [1.807, 2.05) is 6.92 Å². The number of hydrogen-bond acceptors (Lipinski definition) is 4. The van der Waals surface area contributed by atoms with E-state index in [4.69, 9.17) is 4.74 Å². The Hall–Kier alpha value is -2.83. The van der Waals surface area contributed by atoms with Crippen molar-refractivity contribution in [3.63, 3.8) is 0 Å². The highest BCUT2D eigenvalue weighted by Gasteiger charge is 2.28. The van der Waals surface area contributed by atoms with Gasteiger partial charge in [-0.15, -0.1) is 0 Å². The van der Waals surface area contributed by atoms with E-state index in [2.05, 4.69) is 29.0 Å². The molecule has 0 amide bonds. The number of esters is 2. The van der Waals surface area contributed by atoms with Crippen LogP contribution in [-0.4, -0.2) is 25.0 Å². The van der Waals surface area contributed by atoms with Gasteiger partial charge in [-0.3, -0.25) is 4.79 Å². The average molecular weight is 434 g/mol. The van der Waals surface area contributed by atoms with Crippen molar-refractivity contribution in [2.45, 2.75) is 51.4 Å². The van der Waals surface area contributed by atoms with E-state index in [1.165, 1.54) is 23.3 Å². The summed E-state index contributed by atoms with van der Waals surface area (Å²) in [5, 5.41) is 0. The van der Waals surface area contributed by atoms with Crippen molar-refractivity contribution >= 4 is 11.9 Å². The Morgan fingerprint density at radius 3 is 2.32 bits per heavy atom. The lowest BCUT2D eigenvalue weighted by atomic mass is 9.78. The average Bonchev–Trinajstić information content (AvgIpc) is 2.75. The maximum Gasteiger partial charge on any atom is 0.373 e. The molecule has 1 fully saturated rings. The van der Waals surface area contributed by atoms with Crippen LogP contribution in [0.5, 0.6) is 5.75 Å². The van der Waals surface area contributed by atoms with Gasteiger partial charge < -0.3 is 9.47 Å². The molecule has 0 N–H and O–H groups in total. The monoisotopic (exact) mass is 434 g/mol. The van der Waals surface area contributed by atoms with Crippen molar-refractivity contribution in [1.82, 2.24) is 0 Å². The summed E-state index contributed by atoms with van der Waals surface area (Å²) in [6.45, 7) is 1.69. The highest BCUT2D eigenvalue weighted by molar-refractivity contribution is 5.75. The molecule has 4 nitrogen and oxygen atoms in total. The Morgan fingerprint density at radius 1 is 1.03 bits per heavy atom. The number of halogens is 3. The maximum atomic E-state index is 14.2. The second-order valence-corrected chi connectivity index (χ2v) is 7.85. The van der Waals surface area contributed by atoms with Gasteiger partial charge in [-0.1, -0.05) is 35.9 Å². The summed E-state index contributed by atoms with van der Waals surface area (Å²) in [7, 11) is 0. The highest BCUT2D eigenvalue weighted by Crippen LogP contribution is 2.36. The normalized spacial score (nSPS) is 18.6. The van der Waals surface area contributed by atoms with Crippen molar-refractivity contribution in [3.8, 4) is 5.75 Å². The predicted octanol–water partition coefficient (Wildman–Crippen LogP) is 5.36. The molecule has 3 rings (SSSR count). The smallest absolute Gasteiger partial charge is 0.373 e. The Bertz CT molecular complexity index is 904. The fourth-order valence-corrected chi connectivity index (χ4v) is 3.82. The summed E-state index contributed by atoms with van der Waals surface area (Å²) >= 11 is 0. The number of hydrogen-bond donors (Lipinski definition) is 0. The molecule has 0 saturated heterocycles. The predicted molar refractivity (Wildman–Crippen MR) is 109 cm³/mol. The van der Waals surface area contributed by atoms with E-state index in [0.717, 1.165) is 18.9 Å². The SMILES string of the molecule is Cc1ccc(C2CCC(C(=O)Oc3ccc(CCOC(=O)C(F)F)c(F)c3)CC2)cc1. The minimum atomic E-state index is -3.21. The molecule has 1 saturated carbocycles. The van der Waals surface area contributed by atoms with Gasteiger partial charge in [-0.05, 0) is 55.7 Å². The molecule has 2 aromatic carbocycles. The lowest BCUT2D eigenvalue weighted by molar-refractivity contribution is -0.156. The highest BCUT2D eigenvalue weighted by atomic mass is 19.3. The van der Waals surface area contributed by atoms with Crippen molar-refractivity contribution in [3.05, 3.63) is 65.0 Å². The number of benzene rings is 2. The van der Waals surface area contributed by atoms with Gasteiger partial charge in [0.15, 0.2) is 0 Å². The van der Waals surface area contributed by atoms with Crippen LogP contribution in [0, 0.1) is 18.7 Å². The molecule has 0 aromatic heterocycles. The molecule has 31 heavy (non-hydrogen) atoms. The number of carbonyl (C=O) groups is 2. The first kappa shape index (κ1) is 22.8. The van der Waals surface area contributed by atoms with Crippen molar-refractivity contribution in [2.24, 2.45) is 5.92 Å². The third-order valence-corrected chi connectivity index (χ3v) is 5.65. The van der Waals surface area contributed by atoms with Crippen LogP contribution in [0.25, 0.3) is 0 Å². The fraction of sp³-hybridized carbons (Fsp3) is 0.417. The summed E-state index contributed by atoms with van der Waals surface area (Å²) in [6.07, 6.45) is -0.0396. The zero-order valence-corrected chi connectivity index (χ0v) is 17.3. The van der Waals surface area contributed by atoms with Crippen LogP contribution in [0.4, 0.5) is 13.2 Å². The molecule has 1 aliphatic carbocycles.